The van der Waals surface area contributed by atoms with Gasteiger partial charge >= 0.3 is 0 Å². The van der Waals surface area contributed by atoms with Crippen molar-refractivity contribution >= 4 is 21.9 Å². The normalized spacial score (nSPS) is 16.3. The van der Waals surface area contributed by atoms with Crippen LogP contribution in [0.4, 0.5) is 4.39 Å². The highest BCUT2D eigenvalue weighted by Crippen LogP contribution is 2.45. The average molecular weight is 386 g/mol. The van der Waals surface area contributed by atoms with Crippen molar-refractivity contribution in [3.05, 3.63) is 34.1 Å². The van der Waals surface area contributed by atoms with Gasteiger partial charge in [0, 0.05) is 23.0 Å². The van der Waals surface area contributed by atoms with Crippen molar-refractivity contribution in [2.75, 3.05) is 26.2 Å². The fraction of sp³-hybridized carbons (Fsp3) is 0.588. The van der Waals surface area contributed by atoms with Gasteiger partial charge in [0.05, 0.1) is 13.2 Å². The van der Waals surface area contributed by atoms with Gasteiger partial charge in [-0.2, -0.15) is 0 Å². The molecule has 0 saturated heterocycles. The van der Waals surface area contributed by atoms with Crippen molar-refractivity contribution in [1.82, 2.24) is 10.6 Å². The van der Waals surface area contributed by atoms with Gasteiger partial charge in [-0.05, 0) is 50.3 Å². The summed E-state index contributed by atoms with van der Waals surface area (Å²) in [6, 6.07) is 5.18. The fourth-order valence-corrected chi connectivity index (χ4v) is 2.67. The van der Waals surface area contributed by atoms with E-state index in [1.165, 1.54) is 6.07 Å². The first-order valence-corrected chi connectivity index (χ1v) is 8.95. The van der Waals surface area contributed by atoms with Crippen LogP contribution in [0, 0.1) is 11.2 Å². The van der Waals surface area contributed by atoms with E-state index in [0.29, 0.717) is 13.0 Å². The van der Waals surface area contributed by atoms with Crippen LogP contribution in [0.1, 0.15) is 31.7 Å². The number of guanidine groups is 1. The topological polar surface area (TPSA) is 56.7 Å². The van der Waals surface area contributed by atoms with Gasteiger partial charge in [0.15, 0.2) is 5.96 Å². The van der Waals surface area contributed by atoms with E-state index in [1.807, 2.05) is 19.1 Å². The maximum absolute atomic E-state index is 13.7. The smallest absolute Gasteiger partial charge is 0.191 e. The van der Waals surface area contributed by atoms with E-state index >= 15 is 0 Å². The number of benzene rings is 1. The van der Waals surface area contributed by atoms with Crippen molar-refractivity contribution < 1.29 is 9.50 Å². The van der Waals surface area contributed by atoms with E-state index < -0.39 is 0 Å². The van der Waals surface area contributed by atoms with E-state index in [0.717, 1.165) is 48.3 Å². The number of aliphatic imine (C=N–C) groups is 1. The molecule has 23 heavy (non-hydrogen) atoms. The van der Waals surface area contributed by atoms with E-state index in [1.54, 1.807) is 0 Å². The van der Waals surface area contributed by atoms with Crippen molar-refractivity contribution in [1.29, 1.82) is 0 Å². The maximum Gasteiger partial charge on any atom is 0.191 e. The summed E-state index contributed by atoms with van der Waals surface area (Å²) in [5.74, 6) is 0.599. The van der Waals surface area contributed by atoms with Crippen LogP contribution in [0.15, 0.2) is 27.7 Å². The summed E-state index contributed by atoms with van der Waals surface area (Å²) in [6.45, 7) is 4.40. The third-order valence-corrected chi connectivity index (χ3v) is 4.63. The molecule has 1 aromatic rings. The van der Waals surface area contributed by atoms with Gasteiger partial charge in [0.2, 0.25) is 0 Å². The van der Waals surface area contributed by atoms with Gasteiger partial charge < -0.3 is 15.7 Å². The van der Waals surface area contributed by atoms with Crippen LogP contribution in [-0.2, 0) is 6.42 Å². The zero-order valence-electron chi connectivity index (χ0n) is 13.5. The summed E-state index contributed by atoms with van der Waals surface area (Å²) in [5, 5.41) is 15.8. The van der Waals surface area contributed by atoms with Crippen LogP contribution in [0.2, 0.25) is 0 Å². The molecule has 0 amide bonds. The van der Waals surface area contributed by atoms with E-state index in [9.17, 15) is 9.50 Å². The Kier molecular flexibility index (Phi) is 6.84. The number of hydrogen-bond donors (Lipinski definition) is 3. The number of nitrogens with zero attached hydrogens (tertiary/aromatic N) is 1. The van der Waals surface area contributed by atoms with Gasteiger partial charge in [-0.25, -0.2) is 4.39 Å². The van der Waals surface area contributed by atoms with Crippen molar-refractivity contribution in [3.8, 4) is 0 Å². The number of aliphatic hydroxyl groups is 1. The minimum Gasteiger partial charge on any atom is -0.396 e. The quantitative estimate of drug-likeness (QED) is 0.366. The molecule has 0 bridgehead atoms. The molecule has 0 heterocycles. The molecule has 6 heteroatoms. The zero-order valence-corrected chi connectivity index (χ0v) is 15.1. The van der Waals surface area contributed by atoms with Crippen LogP contribution in [-0.4, -0.2) is 37.3 Å². The molecular weight excluding hydrogens is 361 g/mol. The van der Waals surface area contributed by atoms with E-state index in [4.69, 9.17) is 0 Å². The molecule has 128 valence electrons. The van der Waals surface area contributed by atoms with Crippen molar-refractivity contribution in [2.24, 2.45) is 10.4 Å². The summed E-state index contributed by atoms with van der Waals surface area (Å²) in [6.07, 6.45) is 3.62. The monoisotopic (exact) mass is 385 g/mol. The largest absolute Gasteiger partial charge is 0.396 e. The first-order valence-electron chi connectivity index (χ1n) is 8.15. The third-order valence-electron chi connectivity index (χ3n) is 4.14. The molecule has 0 aliphatic heterocycles. The molecule has 3 N–H and O–H groups in total. The predicted molar refractivity (Wildman–Crippen MR) is 95.2 cm³/mol. The standard InChI is InChI=1S/C17H25BrFN3O/c1-2-20-16(22-11-17(12-23)7-8-17)21-9-3-4-13-5-6-14(18)10-15(13)19/h5-6,10,23H,2-4,7-9,11-12H2,1H3,(H2,20,21,22). The van der Waals surface area contributed by atoms with Crippen LogP contribution in [0.5, 0.6) is 0 Å². The summed E-state index contributed by atoms with van der Waals surface area (Å²) in [5.41, 5.74) is 0.747. The number of hydrogen-bond acceptors (Lipinski definition) is 2. The highest BCUT2D eigenvalue weighted by molar-refractivity contribution is 9.10. The van der Waals surface area contributed by atoms with E-state index in [2.05, 4.69) is 31.6 Å². The van der Waals surface area contributed by atoms with Gasteiger partial charge in [-0.3, -0.25) is 4.99 Å². The number of rotatable bonds is 8. The third kappa shape index (κ3) is 5.77. The molecule has 0 atom stereocenters. The Hall–Kier alpha value is -1.14. The Bertz CT molecular complexity index is 547. The molecule has 1 aromatic carbocycles. The van der Waals surface area contributed by atoms with Gasteiger partial charge in [0.1, 0.15) is 5.82 Å². The van der Waals surface area contributed by atoms with Gasteiger partial charge in [0.25, 0.3) is 0 Å². The van der Waals surface area contributed by atoms with Crippen molar-refractivity contribution in [2.45, 2.75) is 32.6 Å². The lowest BCUT2D eigenvalue weighted by Crippen LogP contribution is -2.38. The second kappa shape index (κ2) is 8.64. The predicted octanol–water partition coefficient (Wildman–Crippen LogP) is 2.85. The SMILES string of the molecule is CCNC(=NCC1(CO)CC1)NCCCc1ccc(Br)cc1F. The first kappa shape index (κ1) is 18.2. The summed E-state index contributed by atoms with van der Waals surface area (Å²) in [7, 11) is 0. The molecule has 0 radical (unpaired) electrons. The Balaban J connectivity index is 1.76. The lowest BCUT2D eigenvalue weighted by atomic mass is 10.1. The molecule has 2 rings (SSSR count). The summed E-state index contributed by atoms with van der Waals surface area (Å²) in [4.78, 5) is 4.55. The Morgan fingerprint density at radius 1 is 1.39 bits per heavy atom. The average Bonchev–Trinajstić information content (AvgIpc) is 3.31. The molecule has 0 aromatic heterocycles. The molecule has 4 nitrogen and oxygen atoms in total. The second-order valence-corrected chi connectivity index (χ2v) is 7.04. The van der Waals surface area contributed by atoms with E-state index in [-0.39, 0.29) is 17.8 Å². The molecule has 1 aliphatic carbocycles. The number of aliphatic hydroxyl groups excluding tert-OH is 1. The highest BCUT2D eigenvalue weighted by atomic mass is 79.9. The van der Waals surface area contributed by atoms with Crippen LogP contribution >= 0.6 is 15.9 Å². The van der Waals surface area contributed by atoms with Crippen LogP contribution < -0.4 is 10.6 Å². The number of nitrogens with one attached hydrogen (secondary N) is 2. The highest BCUT2D eigenvalue weighted by Gasteiger charge is 2.41. The first-order chi connectivity index (χ1) is 11.1. The Labute approximate surface area is 145 Å². The molecular formula is C17H25BrFN3O. The summed E-state index contributed by atoms with van der Waals surface area (Å²) < 4.78 is 14.5. The Morgan fingerprint density at radius 2 is 2.17 bits per heavy atom. The van der Waals surface area contributed by atoms with Gasteiger partial charge in [-0.15, -0.1) is 0 Å². The Morgan fingerprint density at radius 3 is 2.78 bits per heavy atom. The lowest BCUT2D eigenvalue weighted by molar-refractivity contribution is 0.217. The minimum atomic E-state index is -0.168. The van der Waals surface area contributed by atoms with Crippen LogP contribution in [0.3, 0.4) is 0 Å². The molecule has 0 unspecified atom stereocenters. The molecule has 1 saturated carbocycles. The number of aryl methyl sites for hydroxylation is 1. The number of halogens is 2. The molecule has 1 aliphatic rings. The summed E-state index contributed by atoms with van der Waals surface area (Å²) >= 11 is 3.26. The zero-order chi connectivity index (χ0) is 16.7. The molecule has 1 fully saturated rings. The molecule has 0 spiro atoms. The second-order valence-electron chi connectivity index (χ2n) is 6.12. The van der Waals surface area contributed by atoms with Crippen molar-refractivity contribution in [3.63, 3.8) is 0 Å². The fourth-order valence-electron chi connectivity index (χ4n) is 2.34. The maximum atomic E-state index is 13.7. The van der Waals surface area contributed by atoms with Gasteiger partial charge in [-0.1, -0.05) is 22.0 Å². The minimum absolute atomic E-state index is 0.0168. The lowest BCUT2D eigenvalue weighted by Gasteiger charge is -2.13. The van der Waals surface area contributed by atoms with Crippen LogP contribution in [0.25, 0.3) is 0 Å².